The molecule has 1 saturated heterocycles. The highest BCUT2D eigenvalue weighted by Crippen LogP contribution is 2.08. The molecule has 5 nitrogen and oxygen atoms in total. The first-order valence-electron chi connectivity index (χ1n) is 4.26. The molecule has 5 heteroatoms. The van der Waals surface area contributed by atoms with E-state index in [9.17, 15) is 9.59 Å². The molecule has 0 bridgehead atoms. The molecule has 1 rings (SSSR count). The van der Waals surface area contributed by atoms with Crippen LogP contribution in [0.5, 0.6) is 0 Å². The van der Waals surface area contributed by atoms with Gasteiger partial charge in [-0.1, -0.05) is 0 Å². The predicted octanol–water partition coefficient (Wildman–Crippen LogP) is -0.720. The Hall–Kier alpha value is -1.10. The molecule has 74 valence electrons. The van der Waals surface area contributed by atoms with Crippen molar-refractivity contribution in [3.8, 4) is 0 Å². The van der Waals surface area contributed by atoms with E-state index in [0.717, 1.165) is 0 Å². The van der Waals surface area contributed by atoms with Crippen molar-refractivity contribution in [3.63, 3.8) is 0 Å². The lowest BCUT2D eigenvalue weighted by Gasteiger charge is -2.14. The summed E-state index contributed by atoms with van der Waals surface area (Å²) in [5.41, 5.74) is 0. The SMILES string of the molecule is CC(NC1CCN(C)C1=O)C(=O)O. The minimum absolute atomic E-state index is 0.0203. The first kappa shape index (κ1) is 9.98. The van der Waals surface area contributed by atoms with Crippen LogP contribution in [0.3, 0.4) is 0 Å². The molecule has 0 radical (unpaired) electrons. The zero-order valence-corrected chi connectivity index (χ0v) is 7.78. The summed E-state index contributed by atoms with van der Waals surface area (Å²) in [4.78, 5) is 23.4. The highest BCUT2D eigenvalue weighted by Gasteiger charge is 2.30. The van der Waals surface area contributed by atoms with E-state index in [-0.39, 0.29) is 11.9 Å². The van der Waals surface area contributed by atoms with Gasteiger partial charge in [-0.25, -0.2) is 0 Å². The summed E-state index contributed by atoms with van der Waals surface area (Å²) in [6.45, 7) is 2.23. The standard InChI is InChI=1S/C8H14N2O3/c1-5(8(12)13)9-6-3-4-10(2)7(6)11/h5-6,9H,3-4H2,1-2H3,(H,12,13). The largest absolute Gasteiger partial charge is 0.480 e. The molecule has 2 atom stereocenters. The molecule has 1 amide bonds. The third-order valence-electron chi connectivity index (χ3n) is 2.25. The van der Waals surface area contributed by atoms with Crippen LogP contribution in [-0.2, 0) is 9.59 Å². The Morgan fingerprint density at radius 2 is 2.38 bits per heavy atom. The Morgan fingerprint density at radius 3 is 2.77 bits per heavy atom. The molecule has 0 aromatic carbocycles. The molecular weight excluding hydrogens is 172 g/mol. The van der Waals surface area contributed by atoms with Gasteiger partial charge in [0, 0.05) is 13.6 Å². The fourth-order valence-electron chi connectivity index (χ4n) is 1.35. The van der Waals surface area contributed by atoms with E-state index < -0.39 is 12.0 Å². The maximum Gasteiger partial charge on any atom is 0.320 e. The van der Waals surface area contributed by atoms with Gasteiger partial charge in [0.15, 0.2) is 0 Å². The summed E-state index contributed by atoms with van der Waals surface area (Å²) in [5.74, 6) is -0.949. The monoisotopic (exact) mass is 186 g/mol. The van der Waals surface area contributed by atoms with Crippen molar-refractivity contribution in [3.05, 3.63) is 0 Å². The number of hydrogen-bond donors (Lipinski definition) is 2. The van der Waals surface area contributed by atoms with Crippen LogP contribution in [-0.4, -0.2) is 47.6 Å². The van der Waals surface area contributed by atoms with Crippen molar-refractivity contribution in [2.24, 2.45) is 0 Å². The van der Waals surface area contributed by atoms with E-state index in [4.69, 9.17) is 5.11 Å². The van der Waals surface area contributed by atoms with Crippen molar-refractivity contribution in [2.45, 2.75) is 25.4 Å². The summed E-state index contributed by atoms with van der Waals surface area (Å²) in [5, 5.41) is 11.4. The number of nitrogens with one attached hydrogen (secondary N) is 1. The third kappa shape index (κ3) is 2.18. The van der Waals surface area contributed by atoms with Crippen LogP contribution in [0.15, 0.2) is 0 Å². The van der Waals surface area contributed by atoms with Gasteiger partial charge in [-0.05, 0) is 13.3 Å². The number of carboxylic acids is 1. The number of carboxylic acid groups (broad SMARTS) is 1. The Morgan fingerprint density at radius 1 is 1.77 bits per heavy atom. The van der Waals surface area contributed by atoms with Gasteiger partial charge in [-0.15, -0.1) is 0 Å². The Kier molecular flexibility index (Phi) is 2.87. The number of likely N-dealkylation sites (N-methyl/N-ethyl adjacent to an activating group) is 1. The maximum absolute atomic E-state index is 11.3. The Balaban J connectivity index is 2.47. The number of likely N-dealkylation sites (tertiary alicyclic amines) is 1. The van der Waals surface area contributed by atoms with Crippen molar-refractivity contribution < 1.29 is 14.7 Å². The van der Waals surface area contributed by atoms with E-state index >= 15 is 0 Å². The molecule has 1 fully saturated rings. The van der Waals surface area contributed by atoms with Crippen LogP contribution in [0.2, 0.25) is 0 Å². The summed E-state index contributed by atoms with van der Waals surface area (Å²) < 4.78 is 0. The number of hydrogen-bond acceptors (Lipinski definition) is 3. The van der Waals surface area contributed by atoms with Crippen molar-refractivity contribution in [1.29, 1.82) is 0 Å². The van der Waals surface area contributed by atoms with E-state index in [1.54, 1.807) is 11.9 Å². The Labute approximate surface area is 76.7 Å². The van der Waals surface area contributed by atoms with E-state index in [1.165, 1.54) is 6.92 Å². The number of carbonyl (C=O) groups excluding carboxylic acids is 1. The lowest BCUT2D eigenvalue weighted by Crippen LogP contribution is -2.45. The number of nitrogens with zero attached hydrogens (tertiary/aromatic N) is 1. The highest BCUT2D eigenvalue weighted by atomic mass is 16.4. The minimum Gasteiger partial charge on any atom is -0.480 e. The molecule has 2 N–H and O–H groups in total. The van der Waals surface area contributed by atoms with Crippen molar-refractivity contribution >= 4 is 11.9 Å². The summed E-state index contributed by atoms with van der Waals surface area (Å²) in [7, 11) is 1.72. The molecule has 1 aliphatic heterocycles. The van der Waals surface area contributed by atoms with Gasteiger partial charge in [-0.3, -0.25) is 14.9 Å². The zero-order chi connectivity index (χ0) is 10.0. The molecule has 0 aromatic rings. The predicted molar refractivity (Wildman–Crippen MR) is 46.3 cm³/mol. The number of carbonyl (C=O) groups is 2. The van der Waals surface area contributed by atoms with Crippen molar-refractivity contribution in [1.82, 2.24) is 10.2 Å². The zero-order valence-electron chi connectivity index (χ0n) is 7.78. The van der Waals surface area contributed by atoms with Gasteiger partial charge in [0.25, 0.3) is 0 Å². The van der Waals surface area contributed by atoms with Gasteiger partial charge < -0.3 is 10.0 Å². The Bertz CT molecular complexity index is 229. The lowest BCUT2D eigenvalue weighted by atomic mass is 10.2. The minimum atomic E-state index is -0.928. The first-order chi connectivity index (χ1) is 6.02. The second-order valence-electron chi connectivity index (χ2n) is 3.33. The molecule has 13 heavy (non-hydrogen) atoms. The lowest BCUT2D eigenvalue weighted by molar-refractivity contribution is -0.139. The molecule has 0 spiro atoms. The average Bonchev–Trinajstić information content (AvgIpc) is 2.36. The smallest absolute Gasteiger partial charge is 0.320 e. The molecule has 2 unspecified atom stereocenters. The van der Waals surface area contributed by atoms with Crippen LogP contribution in [0.4, 0.5) is 0 Å². The van der Waals surface area contributed by atoms with Crippen LogP contribution in [0.1, 0.15) is 13.3 Å². The highest BCUT2D eigenvalue weighted by molar-refractivity contribution is 5.84. The van der Waals surface area contributed by atoms with Crippen molar-refractivity contribution in [2.75, 3.05) is 13.6 Å². The molecule has 1 heterocycles. The molecule has 0 saturated carbocycles. The van der Waals surface area contributed by atoms with Gasteiger partial charge in [-0.2, -0.15) is 0 Å². The first-order valence-corrected chi connectivity index (χ1v) is 4.26. The van der Waals surface area contributed by atoms with Gasteiger partial charge in [0.05, 0.1) is 6.04 Å². The second kappa shape index (κ2) is 3.74. The molecule has 1 aliphatic rings. The fourth-order valence-corrected chi connectivity index (χ4v) is 1.35. The summed E-state index contributed by atoms with van der Waals surface area (Å²) in [6, 6.07) is -0.989. The number of rotatable bonds is 3. The molecule has 0 aromatic heterocycles. The normalized spacial score (nSPS) is 24.9. The van der Waals surface area contributed by atoms with E-state index in [0.29, 0.717) is 13.0 Å². The number of aliphatic carboxylic acids is 1. The van der Waals surface area contributed by atoms with Crippen LogP contribution in [0.25, 0.3) is 0 Å². The van der Waals surface area contributed by atoms with Crippen LogP contribution < -0.4 is 5.32 Å². The second-order valence-corrected chi connectivity index (χ2v) is 3.33. The topological polar surface area (TPSA) is 69.6 Å². The molecular formula is C8H14N2O3. The van der Waals surface area contributed by atoms with E-state index in [1.807, 2.05) is 0 Å². The van der Waals surface area contributed by atoms with E-state index in [2.05, 4.69) is 5.32 Å². The number of amides is 1. The van der Waals surface area contributed by atoms with Gasteiger partial charge >= 0.3 is 5.97 Å². The third-order valence-corrected chi connectivity index (χ3v) is 2.25. The van der Waals surface area contributed by atoms with Gasteiger partial charge in [0.1, 0.15) is 6.04 Å². The average molecular weight is 186 g/mol. The quantitative estimate of drug-likeness (QED) is 0.610. The van der Waals surface area contributed by atoms with Gasteiger partial charge in [0.2, 0.25) is 5.91 Å². The fraction of sp³-hybridized carbons (Fsp3) is 0.750. The van der Waals surface area contributed by atoms with Crippen LogP contribution in [0, 0.1) is 0 Å². The van der Waals surface area contributed by atoms with Crippen LogP contribution >= 0.6 is 0 Å². The summed E-state index contributed by atoms with van der Waals surface area (Å²) in [6.07, 6.45) is 0.687. The molecule has 0 aliphatic carbocycles. The summed E-state index contributed by atoms with van der Waals surface area (Å²) >= 11 is 0. The maximum atomic E-state index is 11.3.